The second-order valence-corrected chi connectivity index (χ2v) is 6.04. The van der Waals surface area contributed by atoms with Gasteiger partial charge in [-0.3, -0.25) is 4.72 Å². The fraction of sp³-hybridized carbons (Fsp3) is 0.214. The number of nitrogens with zero attached hydrogens (tertiary/aromatic N) is 1. The minimum absolute atomic E-state index is 0.0303. The van der Waals surface area contributed by atoms with Crippen LogP contribution in [0.3, 0.4) is 0 Å². The molecule has 21 heavy (non-hydrogen) atoms. The molecule has 2 rings (SSSR count). The summed E-state index contributed by atoms with van der Waals surface area (Å²) in [6.07, 6.45) is 2.35. The fourth-order valence-electron chi connectivity index (χ4n) is 1.75. The number of nitrogens with one attached hydrogen (secondary N) is 2. The Kier molecular flexibility index (Phi) is 4.74. The molecule has 0 saturated heterocycles. The molecule has 0 radical (unpaired) electrons. The molecule has 2 N–H and O–H groups in total. The van der Waals surface area contributed by atoms with Gasteiger partial charge in [0, 0.05) is 12.7 Å². The maximum absolute atomic E-state index is 13.1. The summed E-state index contributed by atoms with van der Waals surface area (Å²) in [5.74, 6) is -0.228. The van der Waals surface area contributed by atoms with Crippen LogP contribution in [-0.2, 0) is 10.0 Å². The summed E-state index contributed by atoms with van der Waals surface area (Å²) in [7, 11) is -3.83. The summed E-state index contributed by atoms with van der Waals surface area (Å²) in [5.41, 5.74) is 0.167. The Morgan fingerprint density at radius 1 is 1.24 bits per heavy atom. The highest BCUT2D eigenvalue weighted by Gasteiger charge is 2.19. The average molecular weight is 309 g/mol. The number of hydrogen-bond donors (Lipinski definition) is 2. The SMILES string of the molecule is CCCNc1ncccc1S(=O)(=O)Nc1cccc(F)c1. The average Bonchev–Trinajstić information content (AvgIpc) is 2.45. The van der Waals surface area contributed by atoms with Gasteiger partial charge in [-0.25, -0.2) is 17.8 Å². The second-order valence-electron chi connectivity index (χ2n) is 4.39. The number of rotatable bonds is 6. The summed E-state index contributed by atoms with van der Waals surface area (Å²) >= 11 is 0. The Morgan fingerprint density at radius 2 is 2.05 bits per heavy atom. The number of hydrogen-bond acceptors (Lipinski definition) is 4. The van der Waals surface area contributed by atoms with Gasteiger partial charge in [0.2, 0.25) is 0 Å². The van der Waals surface area contributed by atoms with Gasteiger partial charge in [0.1, 0.15) is 16.5 Å². The van der Waals surface area contributed by atoms with Crippen molar-refractivity contribution in [3.05, 3.63) is 48.4 Å². The lowest BCUT2D eigenvalue weighted by atomic mass is 10.3. The number of pyridine rings is 1. The lowest BCUT2D eigenvalue weighted by Crippen LogP contribution is -2.16. The molecule has 0 amide bonds. The van der Waals surface area contributed by atoms with Crippen LogP contribution in [0.1, 0.15) is 13.3 Å². The first-order valence-corrected chi connectivity index (χ1v) is 7.98. The van der Waals surface area contributed by atoms with E-state index < -0.39 is 15.8 Å². The highest BCUT2D eigenvalue weighted by Crippen LogP contribution is 2.21. The molecule has 0 fully saturated rings. The molecule has 2 aromatic rings. The maximum Gasteiger partial charge on any atom is 0.265 e. The number of aromatic nitrogens is 1. The third kappa shape index (κ3) is 3.91. The fourth-order valence-corrected chi connectivity index (χ4v) is 2.93. The van der Waals surface area contributed by atoms with E-state index in [2.05, 4.69) is 15.0 Å². The highest BCUT2D eigenvalue weighted by molar-refractivity contribution is 7.92. The van der Waals surface area contributed by atoms with Crippen LogP contribution in [0.15, 0.2) is 47.5 Å². The van der Waals surface area contributed by atoms with Crippen molar-refractivity contribution in [1.82, 2.24) is 4.98 Å². The van der Waals surface area contributed by atoms with Crippen molar-refractivity contribution in [1.29, 1.82) is 0 Å². The minimum atomic E-state index is -3.83. The first-order valence-electron chi connectivity index (χ1n) is 6.50. The van der Waals surface area contributed by atoms with E-state index in [9.17, 15) is 12.8 Å². The van der Waals surface area contributed by atoms with Crippen molar-refractivity contribution in [3.8, 4) is 0 Å². The highest BCUT2D eigenvalue weighted by atomic mass is 32.2. The Labute approximate surface area is 123 Å². The molecule has 0 saturated carbocycles. The lowest BCUT2D eigenvalue weighted by Gasteiger charge is -2.12. The molecular weight excluding hydrogens is 293 g/mol. The Bertz CT molecular complexity index is 720. The molecule has 1 heterocycles. The topological polar surface area (TPSA) is 71.1 Å². The molecule has 5 nitrogen and oxygen atoms in total. The van der Waals surface area contributed by atoms with Gasteiger partial charge >= 0.3 is 0 Å². The number of benzene rings is 1. The van der Waals surface area contributed by atoms with Crippen LogP contribution >= 0.6 is 0 Å². The smallest absolute Gasteiger partial charge is 0.265 e. The van der Waals surface area contributed by atoms with E-state index in [0.717, 1.165) is 12.5 Å². The third-order valence-corrected chi connectivity index (χ3v) is 4.09. The summed E-state index contributed by atoms with van der Waals surface area (Å²) in [6, 6.07) is 8.27. The van der Waals surface area contributed by atoms with Crippen LogP contribution in [0.2, 0.25) is 0 Å². The van der Waals surface area contributed by atoms with Gasteiger partial charge in [-0.15, -0.1) is 0 Å². The van der Waals surface area contributed by atoms with E-state index in [4.69, 9.17) is 0 Å². The monoisotopic (exact) mass is 309 g/mol. The first-order chi connectivity index (χ1) is 10.0. The van der Waals surface area contributed by atoms with Gasteiger partial charge in [0.05, 0.1) is 5.69 Å². The minimum Gasteiger partial charge on any atom is -0.369 e. The van der Waals surface area contributed by atoms with Gasteiger partial charge in [0.15, 0.2) is 0 Å². The van der Waals surface area contributed by atoms with Crippen molar-refractivity contribution >= 4 is 21.5 Å². The van der Waals surface area contributed by atoms with Crippen LogP contribution in [0, 0.1) is 5.82 Å². The quantitative estimate of drug-likeness (QED) is 0.861. The molecule has 0 aliphatic carbocycles. The van der Waals surface area contributed by atoms with Crippen LogP contribution in [-0.4, -0.2) is 19.9 Å². The van der Waals surface area contributed by atoms with E-state index in [0.29, 0.717) is 6.54 Å². The number of halogens is 1. The molecule has 7 heteroatoms. The molecule has 0 atom stereocenters. The Morgan fingerprint density at radius 3 is 2.76 bits per heavy atom. The predicted octanol–water partition coefficient (Wildman–Crippen LogP) is 2.84. The number of anilines is 2. The largest absolute Gasteiger partial charge is 0.369 e. The Balaban J connectivity index is 2.31. The van der Waals surface area contributed by atoms with Crippen LogP contribution in [0.4, 0.5) is 15.9 Å². The molecule has 112 valence electrons. The van der Waals surface area contributed by atoms with Gasteiger partial charge in [-0.2, -0.15) is 0 Å². The third-order valence-electron chi connectivity index (χ3n) is 2.68. The van der Waals surface area contributed by atoms with Crippen molar-refractivity contribution in [2.75, 3.05) is 16.6 Å². The summed E-state index contributed by atoms with van der Waals surface area (Å²) < 4.78 is 40.2. The van der Waals surface area contributed by atoms with Crippen molar-refractivity contribution in [3.63, 3.8) is 0 Å². The van der Waals surface area contributed by atoms with Gasteiger partial charge < -0.3 is 5.32 Å². The molecule has 0 unspecified atom stereocenters. The van der Waals surface area contributed by atoms with Crippen LogP contribution in [0.5, 0.6) is 0 Å². The standard InChI is InChI=1S/C14H16FN3O2S/c1-2-8-16-14-13(7-4-9-17-14)21(19,20)18-12-6-3-5-11(15)10-12/h3-7,9-10,18H,2,8H2,1H3,(H,16,17). The Hall–Kier alpha value is -2.15. The molecule has 0 aliphatic rings. The van der Waals surface area contributed by atoms with Crippen LogP contribution < -0.4 is 10.0 Å². The van der Waals surface area contributed by atoms with Gasteiger partial charge in [0.25, 0.3) is 10.0 Å². The molecule has 1 aromatic carbocycles. The van der Waals surface area contributed by atoms with Crippen molar-refractivity contribution < 1.29 is 12.8 Å². The zero-order valence-corrected chi connectivity index (χ0v) is 12.3. The zero-order chi connectivity index (χ0) is 15.3. The predicted molar refractivity (Wildman–Crippen MR) is 80.2 cm³/mol. The second kappa shape index (κ2) is 6.53. The summed E-state index contributed by atoms with van der Waals surface area (Å²) in [5, 5.41) is 2.96. The normalized spacial score (nSPS) is 11.1. The molecule has 0 spiro atoms. The van der Waals surface area contributed by atoms with E-state index >= 15 is 0 Å². The van der Waals surface area contributed by atoms with Gasteiger partial charge in [-0.1, -0.05) is 13.0 Å². The molecule has 0 bridgehead atoms. The van der Waals surface area contributed by atoms with Crippen molar-refractivity contribution in [2.45, 2.75) is 18.2 Å². The van der Waals surface area contributed by atoms with E-state index in [1.807, 2.05) is 6.92 Å². The van der Waals surface area contributed by atoms with Crippen LogP contribution in [0.25, 0.3) is 0 Å². The van der Waals surface area contributed by atoms with Crippen molar-refractivity contribution in [2.24, 2.45) is 0 Å². The molecular formula is C14H16FN3O2S. The van der Waals surface area contributed by atoms with E-state index in [-0.39, 0.29) is 16.4 Å². The summed E-state index contributed by atoms with van der Waals surface area (Å²) in [4.78, 5) is 4.07. The van der Waals surface area contributed by atoms with Gasteiger partial charge in [-0.05, 0) is 36.8 Å². The molecule has 1 aromatic heterocycles. The molecule has 0 aliphatic heterocycles. The first kappa shape index (κ1) is 15.2. The maximum atomic E-state index is 13.1. The lowest BCUT2D eigenvalue weighted by molar-refractivity contribution is 0.601. The van der Waals surface area contributed by atoms with E-state index in [1.54, 1.807) is 0 Å². The summed E-state index contributed by atoms with van der Waals surface area (Å²) in [6.45, 7) is 2.58. The number of sulfonamides is 1. The zero-order valence-electron chi connectivity index (χ0n) is 11.5. The van der Waals surface area contributed by atoms with E-state index in [1.165, 1.54) is 36.5 Å².